The van der Waals surface area contributed by atoms with E-state index in [0.717, 1.165) is 16.8 Å². The summed E-state index contributed by atoms with van der Waals surface area (Å²) in [6.07, 6.45) is 6.62. The standard InChI is InChI=1S/C18H19N7O/c1-3-12-6-4-5-7-13(12)8-20-17-15(16(19)26)10-21-18(24-17)23-14-9-22-25(2)11-14/h3-7,9-11H,1,8H2,2H3,(H2,19,26)(H2,20,21,23,24). The minimum atomic E-state index is -0.600. The van der Waals surface area contributed by atoms with E-state index in [0.29, 0.717) is 18.3 Å². The molecule has 132 valence electrons. The second kappa shape index (κ2) is 7.47. The Morgan fingerprint density at radius 3 is 2.85 bits per heavy atom. The maximum atomic E-state index is 11.7. The molecule has 0 aliphatic heterocycles. The summed E-state index contributed by atoms with van der Waals surface area (Å²) in [4.78, 5) is 20.2. The van der Waals surface area contributed by atoms with Gasteiger partial charge in [0.2, 0.25) is 5.95 Å². The molecule has 8 nitrogen and oxygen atoms in total. The predicted molar refractivity (Wildman–Crippen MR) is 101 cm³/mol. The fraction of sp³-hybridized carbons (Fsp3) is 0.111. The van der Waals surface area contributed by atoms with Crippen molar-refractivity contribution in [2.75, 3.05) is 10.6 Å². The van der Waals surface area contributed by atoms with Crippen molar-refractivity contribution in [1.82, 2.24) is 19.7 Å². The van der Waals surface area contributed by atoms with Gasteiger partial charge < -0.3 is 16.4 Å². The second-order valence-electron chi connectivity index (χ2n) is 5.60. The molecule has 0 saturated carbocycles. The molecule has 1 aromatic carbocycles. The van der Waals surface area contributed by atoms with Gasteiger partial charge in [-0.1, -0.05) is 36.9 Å². The van der Waals surface area contributed by atoms with Gasteiger partial charge in [-0.25, -0.2) is 4.98 Å². The third-order valence-electron chi connectivity index (χ3n) is 3.74. The number of hydrogen-bond acceptors (Lipinski definition) is 6. The van der Waals surface area contributed by atoms with Crippen LogP contribution in [0.1, 0.15) is 21.5 Å². The lowest BCUT2D eigenvalue weighted by Crippen LogP contribution is -2.17. The van der Waals surface area contributed by atoms with Gasteiger partial charge in [0.05, 0.1) is 17.4 Å². The molecule has 4 N–H and O–H groups in total. The van der Waals surface area contributed by atoms with Gasteiger partial charge in [-0.2, -0.15) is 10.1 Å². The lowest BCUT2D eigenvalue weighted by atomic mass is 10.1. The molecular formula is C18H19N7O. The largest absolute Gasteiger partial charge is 0.365 e. The summed E-state index contributed by atoms with van der Waals surface area (Å²) in [5, 5.41) is 10.3. The lowest BCUT2D eigenvalue weighted by molar-refractivity contribution is 0.100. The van der Waals surface area contributed by atoms with Gasteiger partial charge in [0.1, 0.15) is 5.82 Å². The van der Waals surface area contributed by atoms with E-state index in [9.17, 15) is 4.79 Å². The Bertz CT molecular complexity index is 948. The number of carbonyl (C=O) groups is 1. The molecule has 0 saturated heterocycles. The SMILES string of the molecule is C=Cc1ccccc1CNc1nc(Nc2cnn(C)c2)ncc1C(N)=O. The number of aromatic nitrogens is 4. The summed E-state index contributed by atoms with van der Waals surface area (Å²) >= 11 is 0. The molecule has 1 amide bonds. The molecule has 0 bridgehead atoms. The van der Waals surface area contributed by atoms with E-state index in [1.807, 2.05) is 31.3 Å². The van der Waals surface area contributed by atoms with Crippen LogP contribution < -0.4 is 16.4 Å². The first-order valence-corrected chi connectivity index (χ1v) is 7.93. The Morgan fingerprint density at radius 1 is 1.35 bits per heavy atom. The predicted octanol–water partition coefficient (Wildman–Crippen LogP) is 2.31. The number of hydrogen-bond donors (Lipinski definition) is 3. The zero-order valence-electron chi connectivity index (χ0n) is 14.3. The van der Waals surface area contributed by atoms with Crippen LogP contribution in [0.25, 0.3) is 6.08 Å². The van der Waals surface area contributed by atoms with E-state index in [4.69, 9.17) is 5.73 Å². The van der Waals surface area contributed by atoms with Crippen LogP contribution in [-0.4, -0.2) is 25.7 Å². The third-order valence-corrected chi connectivity index (χ3v) is 3.74. The molecule has 3 rings (SSSR count). The fourth-order valence-electron chi connectivity index (χ4n) is 2.45. The van der Waals surface area contributed by atoms with Gasteiger partial charge in [-0.15, -0.1) is 0 Å². The van der Waals surface area contributed by atoms with Crippen LogP contribution in [0.2, 0.25) is 0 Å². The van der Waals surface area contributed by atoms with Crippen molar-refractivity contribution in [1.29, 1.82) is 0 Å². The molecule has 2 heterocycles. The first-order valence-electron chi connectivity index (χ1n) is 7.93. The van der Waals surface area contributed by atoms with Gasteiger partial charge in [-0.05, 0) is 11.1 Å². The number of nitrogens with zero attached hydrogens (tertiary/aromatic N) is 4. The monoisotopic (exact) mass is 349 g/mol. The summed E-state index contributed by atoms with van der Waals surface area (Å²) in [7, 11) is 1.81. The molecular weight excluding hydrogens is 330 g/mol. The highest BCUT2D eigenvalue weighted by atomic mass is 16.1. The van der Waals surface area contributed by atoms with Crippen LogP contribution in [0.3, 0.4) is 0 Å². The average molecular weight is 349 g/mol. The maximum absolute atomic E-state index is 11.7. The minimum absolute atomic E-state index is 0.220. The van der Waals surface area contributed by atoms with Crippen LogP contribution >= 0.6 is 0 Å². The fourth-order valence-corrected chi connectivity index (χ4v) is 2.45. The molecule has 0 aliphatic carbocycles. The number of amides is 1. The molecule has 0 fully saturated rings. The molecule has 0 atom stereocenters. The van der Waals surface area contributed by atoms with Gasteiger partial charge in [0, 0.05) is 26.0 Å². The minimum Gasteiger partial charge on any atom is -0.365 e. The smallest absolute Gasteiger partial charge is 0.254 e. The van der Waals surface area contributed by atoms with Gasteiger partial charge in [-0.3, -0.25) is 9.48 Å². The van der Waals surface area contributed by atoms with E-state index in [1.54, 1.807) is 23.2 Å². The van der Waals surface area contributed by atoms with Crippen molar-refractivity contribution in [2.45, 2.75) is 6.54 Å². The lowest BCUT2D eigenvalue weighted by Gasteiger charge is -2.12. The zero-order valence-corrected chi connectivity index (χ0v) is 14.3. The molecule has 26 heavy (non-hydrogen) atoms. The summed E-state index contributed by atoms with van der Waals surface area (Å²) < 4.78 is 1.66. The summed E-state index contributed by atoms with van der Waals surface area (Å²) in [5.74, 6) is 0.0951. The molecule has 0 aliphatic rings. The second-order valence-corrected chi connectivity index (χ2v) is 5.60. The number of rotatable bonds is 7. The van der Waals surface area contributed by atoms with Crippen LogP contribution in [0.15, 0.2) is 49.4 Å². The van der Waals surface area contributed by atoms with Gasteiger partial charge in [0.25, 0.3) is 5.91 Å². The zero-order chi connectivity index (χ0) is 18.5. The van der Waals surface area contributed by atoms with Crippen LogP contribution in [0, 0.1) is 0 Å². The highest BCUT2D eigenvalue weighted by Gasteiger charge is 2.13. The Balaban J connectivity index is 1.84. The molecule has 0 unspecified atom stereocenters. The average Bonchev–Trinajstić information content (AvgIpc) is 3.04. The number of benzene rings is 1. The third kappa shape index (κ3) is 3.86. The van der Waals surface area contributed by atoms with E-state index in [-0.39, 0.29) is 5.56 Å². The first-order chi connectivity index (χ1) is 12.6. The number of aryl methyl sites for hydroxylation is 1. The van der Waals surface area contributed by atoms with Crippen molar-refractivity contribution >= 4 is 29.4 Å². The molecule has 0 spiro atoms. The quantitative estimate of drug-likeness (QED) is 0.604. The van der Waals surface area contributed by atoms with E-state index < -0.39 is 5.91 Å². The highest BCUT2D eigenvalue weighted by molar-refractivity contribution is 5.97. The van der Waals surface area contributed by atoms with Crippen LogP contribution in [0.5, 0.6) is 0 Å². The molecule has 2 aromatic heterocycles. The van der Waals surface area contributed by atoms with Gasteiger partial charge >= 0.3 is 0 Å². The number of carbonyl (C=O) groups excluding carboxylic acids is 1. The molecule has 0 radical (unpaired) electrons. The summed E-state index contributed by atoms with van der Waals surface area (Å²) in [6, 6.07) is 7.82. The molecule has 8 heteroatoms. The van der Waals surface area contributed by atoms with Crippen molar-refractivity contribution in [3.8, 4) is 0 Å². The number of anilines is 3. The van der Waals surface area contributed by atoms with E-state index in [1.165, 1.54) is 6.20 Å². The summed E-state index contributed by atoms with van der Waals surface area (Å²) in [6.45, 7) is 4.27. The maximum Gasteiger partial charge on any atom is 0.254 e. The number of primary amides is 1. The van der Waals surface area contributed by atoms with Crippen molar-refractivity contribution in [3.05, 3.63) is 66.1 Å². The Labute approximate surface area is 150 Å². The van der Waals surface area contributed by atoms with Gasteiger partial charge in [0.15, 0.2) is 0 Å². The highest BCUT2D eigenvalue weighted by Crippen LogP contribution is 2.19. The van der Waals surface area contributed by atoms with Crippen LogP contribution in [-0.2, 0) is 13.6 Å². The van der Waals surface area contributed by atoms with Crippen molar-refractivity contribution in [3.63, 3.8) is 0 Å². The Hall–Kier alpha value is -3.68. The van der Waals surface area contributed by atoms with Crippen molar-refractivity contribution < 1.29 is 4.79 Å². The first kappa shape index (κ1) is 17.2. The normalized spacial score (nSPS) is 10.3. The van der Waals surface area contributed by atoms with E-state index >= 15 is 0 Å². The van der Waals surface area contributed by atoms with E-state index in [2.05, 4.69) is 32.3 Å². The Morgan fingerprint density at radius 2 is 2.15 bits per heavy atom. The molecule has 3 aromatic rings. The van der Waals surface area contributed by atoms with Crippen LogP contribution in [0.4, 0.5) is 17.5 Å². The topological polar surface area (TPSA) is 111 Å². The van der Waals surface area contributed by atoms with Crippen molar-refractivity contribution in [2.24, 2.45) is 12.8 Å². The summed E-state index contributed by atoms with van der Waals surface area (Å²) in [5.41, 5.74) is 8.42. The Kier molecular flexibility index (Phi) is 4.93. The number of nitrogens with two attached hydrogens (primary N) is 1. The number of nitrogens with one attached hydrogen (secondary N) is 2.